The van der Waals surface area contributed by atoms with Gasteiger partial charge >= 0.3 is 0 Å². The first kappa shape index (κ1) is 7.08. The maximum atomic E-state index is 9.77. The van der Waals surface area contributed by atoms with E-state index >= 15 is 0 Å². The van der Waals surface area contributed by atoms with Crippen molar-refractivity contribution in [3.05, 3.63) is 0 Å². The Balaban J connectivity index is 2.22. The van der Waals surface area contributed by atoms with E-state index in [4.69, 9.17) is 5.26 Å². The molecule has 2 aliphatic rings. The number of rotatable bonds is 0. The minimum absolute atomic E-state index is 0.209. The molecule has 0 aliphatic carbocycles. The molecular weight excluding hydrogens is 140 g/mol. The second-order valence-corrected chi connectivity index (χ2v) is 3.61. The van der Waals surface area contributed by atoms with Gasteiger partial charge in [-0.05, 0) is 19.4 Å². The molecule has 3 nitrogen and oxygen atoms in total. The molecule has 0 spiro atoms. The minimum Gasteiger partial charge on any atom is -0.374 e. The summed E-state index contributed by atoms with van der Waals surface area (Å²) in [5, 5.41) is 18.5. The van der Waals surface area contributed by atoms with E-state index in [1.165, 1.54) is 0 Å². The van der Waals surface area contributed by atoms with Gasteiger partial charge in [-0.1, -0.05) is 0 Å². The van der Waals surface area contributed by atoms with Crippen LogP contribution < -0.4 is 0 Å². The van der Waals surface area contributed by atoms with Crippen LogP contribution in [0, 0.1) is 17.2 Å². The van der Waals surface area contributed by atoms with Crippen LogP contribution in [0.4, 0.5) is 0 Å². The summed E-state index contributed by atoms with van der Waals surface area (Å²) in [7, 11) is 0. The second kappa shape index (κ2) is 2.20. The molecule has 0 aromatic heterocycles. The number of hydrogen-bond acceptors (Lipinski definition) is 3. The molecule has 0 amide bonds. The van der Waals surface area contributed by atoms with Crippen LogP contribution in [-0.2, 0) is 0 Å². The van der Waals surface area contributed by atoms with Crippen molar-refractivity contribution in [2.45, 2.75) is 18.4 Å². The highest BCUT2D eigenvalue weighted by atomic mass is 16.3. The zero-order valence-corrected chi connectivity index (χ0v) is 6.45. The summed E-state index contributed by atoms with van der Waals surface area (Å²) in [5.74, 6) is 0.209. The fourth-order valence-electron chi connectivity index (χ4n) is 2.19. The van der Waals surface area contributed by atoms with E-state index in [0.717, 1.165) is 25.9 Å². The van der Waals surface area contributed by atoms with Gasteiger partial charge in [-0.2, -0.15) is 5.26 Å². The number of nitrogens with zero attached hydrogens (tertiary/aromatic N) is 2. The lowest BCUT2D eigenvalue weighted by molar-refractivity contribution is 0.0711. The van der Waals surface area contributed by atoms with E-state index in [2.05, 4.69) is 4.90 Å². The van der Waals surface area contributed by atoms with Crippen LogP contribution in [0.25, 0.3) is 0 Å². The van der Waals surface area contributed by atoms with Crippen molar-refractivity contribution in [2.75, 3.05) is 19.6 Å². The molecule has 2 aliphatic heterocycles. The quantitative estimate of drug-likeness (QED) is 0.496. The SMILES string of the molecule is N#CC1(O)CN2CCCC1C2. The highest BCUT2D eigenvalue weighted by molar-refractivity contribution is 5.12. The molecule has 2 rings (SSSR count). The van der Waals surface area contributed by atoms with Crippen LogP contribution in [0.1, 0.15) is 12.8 Å². The molecule has 0 radical (unpaired) electrons. The van der Waals surface area contributed by atoms with Crippen LogP contribution in [0.15, 0.2) is 0 Å². The van der Waals surface area contributed by atoms with Crippen molar-refractivity contribution < 1.29 is 5.11 Å². The Morgan fingerprint density at radius 1 is 1.64 bits per heavy atom. The number of aliphatic hydroxyl groups is 1. The monoisotopic (exact) mass is 152 g/mol. The standard InChI is InChI=1S/C8H12N2O/c9-5-8(11)6-10-3-1-2-7(8)4-10/h7,11H,1-4,6H2. The van der Waals surface area contributed by atoms with E-state index in [1.807, 2.05) is 6.07 Å². The molecule has 0 aromatic rings. The average Bonchev–Trinajstić information content (AvgIpc) is 2.25. The number of nitriles is 1. The molecule has 2 heterocycles. The third-order valence-electron chi connectivity index (χ3n) is 2.84. The first-order valence-electron chi connectivity index (χ1n) is 4.10. The Kier molecular flexibility index (Phi) is 1.41. The van der Waals surface area contributed by atoms with Gasteiger partial charge in [0.2, 0.25) is 0 Å². The van der Waals surface area contributed by atoms with E-state index < -0.39 is 5.60 Å². The summed E-state index contributed by atoms with van der Waals surface area (Å²) < 4.78 is 0. The lowest BCUT2D eigenvalue weighted by Crippen LogP contribution is -2.34. The molecule has 0 saturated carbocycles. The van der Waals surface area contributed by atoms with Gasteiger partial charge in [0.25, 0.3) is 0 Å². The molecule has 2 saturated heterocycles. The highest BCUT2D eigenvalue weighted by Gasteiger charge is 2.47. The third-order valence-corrected chi connectivity index (χ3v) is 2.84. The first-order valence-corrected chi connectivity index (χ1v) is 4.10. The van der Waals surface area contributed by atoms with E-state index in [0.29, 0.717) is 6.54 Å². The Morgan fingerprint density at radius 2 is 2.45 bits per heavy atom. The molecule has 60 valence electrons. The van der Waals surface area contributed by atoms with Crippen LogP contribution in [-0.4, -0.2) is 35.2 Å². The van der Waals surface area contributed by atoms with Crippen LogP contribution in [0.5, 0.6) is 0 Å². The summed E-state index contributed by atoms with van der Waals surface area (Å²) >= 11 is 0. The molecule has 1 N–H and O–H groups in total. The Bertz CT molecular complexity index is 211. The smallest absolute Gasteiger partial charge is 0.167 e. The molecular formula is C8H12N2O. The minimum atomic E-state index is -1.03. The Morgan fingerprint density at radius 3 is 3.09 bits per heavy atom. The zero-order valence-electron chi connectivity index (χ0n) is 6.45. The average molecular weight is 152 g/mol. The zero-order chi connectivity index (χ0) is 7.90. The van der Waals surface area contributed by atoms with Gasteiger partial charge in [-0.25, -0.2) is 0 Å². The van der Waals surface area contributed by atoms with Gasteiger partial charge in [0.15, 0.2) is 5.60 Å². The van der Waals surface area contributed by atoms with Gasteiger partial charge in [-0.15, -0.1) is 0 Å². The molecule has 0 aromatic carbocycles. The van der Waals surface area contributed by atoms with Crippen molar-refractivity contribution in [1.29, 1.82) is 5.26 Å². The van der Waals surface area contributed by atoms with Crippen LogP contribution >= 0.6 is 0 Å². The third kappa shape index (κ3) is 0.943. The van der Waals surface area contributed by atoms with Gasteiger partial charge in [-0.3, -0.25) is 4.90 Å². The van der Waals surface area contributed by atoms with Crippen molar-refractivity contribution >= 4 is 0 Å². The molecule has 3 unspecified atom stereocenters. The maximum Gasteiger partial charge on any atom is 0.167 e. The molecule has 3 atom stereocenters. The summed E-state index contributed by atoms with van der Waals surface area (Å²) in [6.45, 7) is 2.54. The van der Waals surface area contributed by atoms with E-state index in [1.54, 1.807) is 0 Å². The number of fused-ring (bicyclic) bond motifs is 2. The summed E-state index contributed by atoms with van der Waals surface area (Å²) in [4.78, 5) is 2.18. The fraction of sp³-hybridized carbons (Fsp3) is 0.875. The molecule has 2 fully saturated rings. The largest absolute Gasteiger partial charge is 0.374 e. The fourth-order valence-corrected chi connectivity index (χ4v) is 2.19. The summed E-state index contributed by atoms with van der Waals surface area (Å²) in [5.41, 5.74) is -1.03. The van der Waals surface area contributed by atoms with Crippen molar-refractivity contribution in [3.63, 3.8) is 0 Å². The normalized spacial score (nSPS) is 48.7. The summed E-state index contributed by atoms with van der Waals surface area (Å²) in [6.07, 6.45) is 2.15. The molecule has 3 heteroatoms. The van der Waals surface area contributed by atoms with Crippen LogP contribution in [0.3, 0.4) is 0 Å². The number of hydrogen-bond donors (Lipinski definition) is 1. The van der Waals surface area contributed by atoms with Crippen molar-refractivity contribution in [3.8, 4) is 6.07 Å². The van der Waals surface area contributed by atoms with Gasteiger partial charge in [0, 0.05) is 19.0 Å². The van der Waals surface area contributed by atoms with Crippen molar-refractivity contribution in [2.24, 2.45) is 5.92 Å². The Hall–Kier alpha value is -0.590. The number of piperidine rings is 1. The maximum absolute atomic E-state index is 9.77. The predicted octanol–water partition coefficient (Wildman–Crippen LogP) is -0.0333. The summed E-state index contributed by atoms with van der Waals surface area (Å²) in [6, 6.07) is 2.03. The highest BCUT2D eigenvalue weighted by Crippen LogP contribution is 2.34. The lowest BCUT2D eigenvalue weighted by atomic mass is 9.88. The van der Waals surface area contributed by atoms with Crippen LogP contribution in [0.2, 0.25) is 0 Å². The van der Waals surface area contributed by atoms with E-state index in [-0.39, 0.29) is 5.92 Å². The van der Waals surface area contributed by atoms with E-state index in [9.17, 15) is 5.11 Å². The first-order chi connectivity index (χ1) is 5.24. The van der Waals surface area contributed by atoms with Crippen molar-refractivity contribution in [1.82, 2.24) is 4.90 Å². The molecule has 2 bridgehead atoms. The Labute approximate surface area is 66.2 Å². The van der Waals surface area contributed by atoms with Gasteiger partial charge < -0.3 is 5.11 Å². The lowest BCUT2D eigenvalue weighted by Gasteiger charge is -2.22. The molecule has 11 heavy (non-hydrogen) atoms. The van der Waals surface area contributed by atoms with Gasteiger partial charge in [0.05, 0.1) is 6.07 Å². The predicted molar refractivity (Wildman–Crippen MR) is 39.7 cm³/mol. The van der Waals surface area contributed by atoms with Gasteiger partial charge in [0.1, 0.15) is 0 Å². The second-order valence-electron chi connectivity index (χ2n) is 3.61. The topological polar surface area (TPSA) is 47.3 Å².